The van der Waals surface area contributed by atoms with Crippen LogP contribution in [0.25, 0.3) is 0 Å². The number of nitrogens with two attached hydrogens (primary N) is 1. The first-order valence-electron chi connectivity index (χ1n) is 6.57. The molecule has 1 unspecified atom stereocenters. The number of hydrogen-bond donors (Lipinski definition) is 1. The highest BCUT2D eigenvalue weighted by atomic mass is 19.4. The minimum Gasteiger partial charge on any atom is -0.384 e. The molecule has 1 aromatic heterocycles. The van der Waals surface area contributed by atoms with Gasteiger partial charge < -0.3 is 15.5 Å². The predicted octanol–water partition coefficient (Wildman–Crippen LogP) is 2.21. The molecule has 2 heterocycles. The smallest absolute Gasteiger partial charge is 0.384 e. The Bertz CT molecular complexity index is 475. The molecule has 0 aliphatic carbocycles. The lowest BCUT2D eigenvalue weighted by atomic mass is 10.2. The molecule has 2 N–H and O–H groups in total. The summed E-state index contributed by atoms with van der Waals surface area (Å²) >= 11 is 0. The third kappa shape index (κ3) is 3.33. The van der Waals surface area contributed by atoms with E-state index in [0.29, 0.717) is 12.4 Å². The van der Waals surface area contributed by atoms with Crippen molar-refractivity contribution in [2.75, 3.05) is 37.3 Å². The van der Waals surface area contributed by atoms with E-state index in [0.717, 1.165) is 31.6 Å². The SMILES string of the molecule is CC1CN(C)CCCN1c1cc(C(F)(F)F)cc(N)n1. The van der Waals surface area contributed by atoms with Gasteiger partial charge in [-0.05, 0) is 39.1 Å². The van der Waals surface area contributed by atoms with Crippen molar-refractivity contribution < 1.29 is 13.2 Å². The number of halogens is 3. The van der Waals surface area contributed by atoms with Gasteiger partial charge in [-0.1, -0.05) is 0 Å². The fourth-order valence-corrected chi connectivity index (χ4v) is 2.56. The molecule has 0 amide bonds. The second kappa shape index (κ2) is 5.47. The number of hydrogen-bond acceptors (Lipinski definition) is 4. The third-order valence-electron chi connectivity index (χ3n) is 3.50. The predicted molar refractivity (Wildman–Crippen MR) is 72.6 cm³/mol. The van der Waals surface area contributed by atoms with Crippen LogP contribution in [0.5, 0.6) is 0 Å². The lowest BCUT2D eigenvalue weighted by Gasteiger charge is -2.29. The maximum absolute atomic E-state index is 12.8. The van der Waals surface area contributed by atoms with Crippen molar-refractivity contribution in [3.8, 4) is 0 Å². The van der Waals surface area contributed by atoms with E-state index in [2.05, 4.69) is 9.88 Å². The Kier molecular flexibility index (Phi) is 4.08. The van der Waals surface area contributed by atoms with Gasteiger partial charge in [-0.3, -0.25) is 0 Å². The molecule has 1 fully saturated rings. The van der Waals surface area contributed by atoms with Crippen molar-refractivity contribution in [3.63, 3.8) is 0 Å². The van der Waals surface area contributed by atoms with Gasteiger partial charge in [0.1, 0.15) is 11.6 Å². The average molecular weight is 288 g/mol. The number of pyridine rings is 1. The number of likely N-dealkylation sites (N-methyl/N-ethyl adjacent to an activating group) is 1. The van der Waals surface area contributed by atoms with Crippen LogP contribution < -0.4 is 10.6 Å². The van der Waals surface area contributed by atoms with Crippen molar-refractivity contribution in [1.29, 1.82) is 0 Å². The first kappa shape index (κ1) is 14.9. The number of aromatic nitrogens is 1. The molecule has 0 saturated carbocycles. The number of nitrogens with zero attached hydrogens (tertiary/aromatic N) is 3. The molecule has 1 aromatic rings. The Morgan fingerprint density at radius 1 is 1.30 bits per heavy atom. The minimum atomic E-state index is -4.41. The summed E-state index contributed by atoms with van der Waals surface area (Å²) in [5.41, 5.74) is 4.78. The standard InChI is InChI=1S/C13H19F3N4/c1-9-8-19(2)4-3-5-20(9)12-7-10(13(14,15)16)6-11(17)18-12/h6-7,9H,3-5,8H2,1-2H3,(H2,17,18). The molecule has 0 aromatic carbocycles. The summed E-state index contributed by atoms with van der Waals surface area (Å²) in [5, 5.41) is 0. The molecule has 4 nitrogen and oxygen atoms in total. The summed E-state index contributed by atoms with van der Waals surface area (Å²) in [6.07, 6.45) is -3.52. The van der Waals surface area contributed by atoms with Crippen LogP contribution in [-0.4, -0.2) is 42.6 Å². The zero-order valence-electron chi connectivity index (χ0n) is 11.6. The average Bonchev–Trinajstić information content (AvgIpc) is 2.48. The molecular weight excluding hydrogens is 269 g/mol. The normalized spacial score (nSPS) is 21.9. The van der Waals surface area contributed by atoms with Gasteiger partial charge in [0, 0.05) is 19.1 Å². The zero-order valence-corrected chi connectivity index (χ0v) is 11.6. The first-order valence-corrected chi connectivity index (χ1v) is 6.57. The Hall–Kier alpha value is -1.50. The fraction of sp³-hybridized carbons (Fsp3) is 0.615. The van der Waals surface area contributed by atoms with Gasteiger partial charge in [0.15, 0.2) is 0 Å². The van der Waals surface area contributed by atoms with E-state index in [1.54, 1.807) is 0 Å². The Morgan fingerprint density at radius 3 is 2.65 bits per heavy atom. The fourth-order valence-electron chi connectivity index (χ4n) is 2.56. The van der Waals surface area contributed by atoms with E-state index in [1.165, 1.54) is 0 Å². The molecule has 7 heteroatoms. The molecule has 0 radical (unpaired) electrons. The summed E-state index contributed by atoms with van der Waals surface area (Å²) in [5.74, 6) is 0.208. The molecule has 1 aliphatic rings. The van der Waals surface area contributed by atoms with E-state index in [-0.39, 0.29) is 11.9 Å². The summed E-state index contributed by atoms with van der Waals surface area (Å²) < 4.78 is 38.5. The highest BCUT2D eigenvalue weighted by Crippen LogP contribution is 2.33. The van der Waals surface area contributed by atoms with Crippen LogP contribution >= 0.6 is 0 Å². The lowest BCUT2D eigenvalue weighted by Crippen LogP contribution is -2.38. The molecular formula is C13H19F3N4. The van der Waals surface area contributed by atoms with Crippen molar-refractivity contribution in [3.05, 3.63) is 17.7 Å². The van der Waals surface area contributed by atoms with Crippen LogP contribution in [0, 0.1) is 0 Å². The highest BCUT2D eigenvalue weighted by Gasteiger charge is 2.32. The summed E-state index contributed by atoms with van der Waals surface area (Å²) in [6.45, 7) is 4.38. The van der Waals surface area contributed by atoms with Gasteiger partial charge in [0.25, 0.3) is 0 Å². The molecule has 112 valence electrons. The van der Waals surface area contributed by atoms with Crippen LogP contribution in [0.15, 0.2) is 12.1 Å². The maximum Gasteiger partial charge on any atom is 0.416 e. The van der Waals surface area contributed by atoms with Gasteiger partial charge >= 0.3 is 6.18 Å². The molecule has 20 heavy (non-hydrogen) atoms. The molecule has 0 spiro atoms. The van der Waals surface area contributed by atoms with Gasteiger partial charge in [0.05, 0.1) is 5.56 Å². The van der Waals surface area contributed by atoms with E-state index in [9.17, 15) is 13.2 Å². The summed E-state index contributed by atoms with van der Waals surface area (Å²) in [7, 11) is 2.01. The second-order valence-electron chi connectivity index (χ2n) is 5.29. The molecule has 1 aliphatic heterocycles. The van der Waals surface area contributed by atoms with Crippen molar-refractivity contribution in [2.45, 2.75) is 25.6 Å². The van der Waals surface area contributed by atoms with E-state index in [1.807, 2.05) is 18.9 Å². The van der Waals surface area contributed by atoms with E-state index in [4.69, 9.17) is 5.73 Å². The number of alkyl halides is 3. The Labute approximate surface area is 116 Å². The van der Waals surface area contributed by atoms with Crippen molar-refractivity contribution in [1.82, 2.24) is 9.88 Å². The van der Waals surface area contributed by atoms with Crippen LogP contribution in [-0.2, 0) is 6.18 Å². The van der Waals surface area contributed by atoms with Crippen LogP contribution in [0.4, 0.5) is 24.8 Å². The number of anilines is 2. The lowest BCUT2D eigenvalue weighted by molar-refractivity contribution is -0.137. The number of nitrogen functional groups attached to an aromatic ring is 1. The van der Waals surface area contributed by atoms with Gasteiger partial charge in [-0.15, -0.1) is 0 Å². The molecule has 0 bridgehead atoms. The Morgan fingerprint density at radius 2 is 2.00 bits per heavy atom. The number of rotatable bonds is 1. The van der Waals surface area contributed by atoms with Crippen LogP contribution in [0.3, 0.4) is 0 Å². The van der Waals surface area contributed by atoms with Gasteiger partial charge in [-0.25, -0.2) is 4.98 Å². The summed E-state index contributed by atoms with van der Waals surface area (Å²) in [6, 6.07) is 2.05. The molecule has 1 atom stereocenters. The van der Waals surface area contributed by atoms with E-state index < -0.39 is 11.7 Å². The van der Waals surface area contributed by atoms with Gasteiger partial charge in [-0.2, -0.15) is 13.2 Å². The largest absolute Gasteiger partial charge is 0.416 e. The molecule has 2 rings (SSSR count). The summed E-state index contributed by atoms with van der Waals surface area (Å²) in [4.78, 5) is 8.14. The van der Waals surface area contributed by atoms with Crippen molar-refractivity contribution in [2.24, 2.45) is 0 Å². The monoisotopic (exact) mass is 288 g/mol. The Balaban J connectivity index is 2.34. The van der Waals surface area contributed by atoms with Crippen molar-refractivity contribution >= 4 is 11.6 Å². The zero-order chi connectivity index (χ0) is 14.9. The molecule has 1 saturated heterocycles. The quantitative estimate of drug-likeness (QED) is 0.860. The maximum atomic E-state index is 12.8. The second-order valence-corrected chi connectivity index (χ2v) is 5.29. The highest BCUT2D eigenvalue weighted by molar-refractivity contribution is 5.50. The minimum absolute atomic E-state index is 0.0953. The van der Waals surface area contributed by atoms with E-state index >= 15 is 0 Å². The third-order valence-corrected chi connectivity index (χ3v) is 3.50. The van der Waals surface area contributed by atoms with Crippen LogP contribution in [0.1, 0.15) is 18.9 Å². The van der Waals surface area contributed by atoms with Crippen LogP contribution in [0.2, 0.25) is 0 Å². The van der Waals surface area contributed by atoms with Gasteiger partial charge in [0.2, 0.25) is 0 Å². The first-order chi connectivity index (χ1) is 9.27. The topological polar surface area (TPSA) is 45.4 Å².